The van der Waals surface area contributed by atoms with Crippen molar-refractivity contribution in [3.05, 3.63) is 65.2 Å². The molecule has 2 aromatic rings. The van der Waals surface area contributed by atoms with Crippen molar-refractivity contribution in [3.8, 4) is 0 Å². The fourth-order valence-corrected chi connectivity index (χ4v) is 3.44. The molecule has 0 spiro atoms. The first kappa shape index (κ1) is 19.1. The summed E-state index contributed by atoms with van der Waals surface area (Å²) < 4.78 is 39.2. The smallest absolute Gasteiger partial charge is 0.326 e. The average molecular weight is 403 g/mol. The van der Waals surface area contributed by atoms with Gasteiger partial charge in [0.25, 0.3) is 6.29 Å². The Kier molecular flexibility index (Phi) is 4.60. The van der Waals surface area contributed by atoms with Crippen LogP contribution in [0.25, 0.3) is 0 Å². The van der Waals surface area contributed by atoms with Crippen molar-refractivity contribution in [2.45, 2.75) is 25.9 Å². The van der Waals surface area contributed by atoms with Crippen LogP contribution in [0.3, 0.4) is 0 Å². The lowest BCUT2D eigenvalue weighted by molar-refractivity contribution is -0.534. The van der Waals surface area contributed by atoms with Gasteiger partial charge in [0.15, 0.2) is 0 Å². The molecule has 2 heterocycles. The Morgan fingerprint density at radius 1 is 1.00 bits per heavy atom. The SMILES string of the molecule is Cc1ccc(N2CCN3C(=O)C(=O)[N+](Cc4ccc(C(F)(F)F)cc4)=NC32)cc1. The maximum Gasteiger partial charge on any atom is 0.502 e. The van der Waals surface area contributed by atoms with Crippen LogP contribution >= 0.6 is 0 Å². The molecule has 9 heteroatoms. The molecule has 0 radical (unpaired) electrons. The van der Waals surface area contributed by atoms with Crippen LogP contribution in [-0.4, -0.2) is 40.8 Å². The summed E-state index contributed by atoms with van der Waals surface area (Å²) in [5.41, 5.74) is 1.66. The first-order chi connectivity index (χ1) is 13.7. The lowest BCUT2D eigenvalue weighted by atomic mass is 10.1. The molecule has 1 saturated heterocycles. The molecule has 2 aromatic carbocycles. The van der Waals surface area contributed by atoms with Gasteiger partial charge in [-0.1, -0.05) is 29.8 Å². The largest absolute Gasteiger partial charge is 0.502 e. The van der Waals surface area contributed by atoms with E-state index in [-0.39, 0.29) is 6.54 Å². The predicted octanol–water partition coefficient (Wildman–Crippen LogP) is 3.15. The molecule has 1 unspecified atom stereocenters. The molecule has 0 saturated carbocycles. The van der Waals surface area contributed by atoms with Gasteiger partial charge < -0.3 is 4.90 Å². The average Bonchev–Trinajstić information content (AvgIpc) is 3.10. The van der Waals surface area contributed by atoms with Gasteiger partial charge in [-0.05, 0) is 35.9 Å². The number of nitrogens with zero attached hydrogens (tertiary/aromatic N) is 4. The van der Waals surface area contributed by atoms with Crippen molar-refractivity contribution >= 4 is 17.5 Å². The minimum Gasteiger partial charge on any atom is -0.326 e. The summed E-state index contributed by atoms with van der Waals surface area (Å²) in [5, 5.41) is 4.41. The zero-order valence-corrected chi connectivity index (χ0v) is 15.6. The molecule has 150 valence electrons. The van der Waals surface area contributed by atoms with Gasteiger partial charge in [0.2, 0.25) is 6.54 Å². The van der Waals surface area contributed by atoms with Crippen LogP contribution in [0, 0.1) is 6.92 Å². The van der Waals surface area contributed by atoms with Gasteiger partial charge in [0.1, 0.15) is 0 Å². The van der Waals surface area contributed by atoms with Crippen LogP contribution < -0.4 is 4.90 Å². The van der Waals surface area contributed by atoms with E-state index >= 15 is 0 Å². The zero-order valence-electron chi connectivity index (χ0n) is 15.6. The molecule has 29 heavy (non-hydrogen) atoms. The summed E-state index contributed by atoms with van der Waals surface area (Å²) in [7, 11) is 0. The highest BCUT2D eigenvalue weighted by atomic mass is 19.4. The minimum atomic E-state index is -4.43. The summed E-state index contributed by atoms with van der Waals surface area (Å²) in [6.45, 7) is 2.80. The number of rotatable bonds is 3. The van der Waals surface area contributed by atoms with E-state index in [0.29, 0.717) is 18.7 Å². The normalized spacial score (nSPS) is 19.4. The van der Waals surface area contributed by atoms with Gasteiger partial charge in [0, 0.05) is 29.5 Å². The Hall–Kier alpha value is -3.23. The summed E-state index contributed by atoms with van der Waals surface area (Å²) in [5.74, 6) is -1.45. The molecule has 0 aromatic heterocycles. The van der Waals surface area contributed by atoms with E-state index < -0.39 is 29.8 Å². The molecule has 2 aliphatic rings. The van der Waals surface area contributed by atoms with Crippen molar-refractivity contribution in [1.82, 2.24) is 4.90 Å². The lowest BCUT2D eigenvalue weighted by Gasteiger charge is -2.27. The number of anilines is 1. The molecule has 0 bridgehead atoms. The van der Waals surface area contributed by atoms with Crippen LogP contribution in [0.15, 0.2) is 53.6 Å². The molecule has 0 N–H and O–H groups in total. The summed E-state index contributed by atoms with van der Waals surface area (Å²) >= 11 is 0. The molecule has 4 rings (SSSR count). The second-order valence-corrected chi connectivity index (χ2v) is 7.05. The number of benzene rings is 2. The number of carbonyl (C=O) groups is 2. The number of amides is 2. The topological polar surface area (TPSA) is 56.0 Å². The molecular formula is C20H18F3N4O2+. The van der Waals surface area contributed by atoms with Crippen molar-refractivity contribution < 1.29 is 27.5 Å². The molecule has 1 atom stereocenters. The first-order valence-electron chi connectivity index (χ1n) is 9.07. The Morgan fingerprint density at radius 2 is 1.62 bits per heavy atom. The van der Waals surface area contributed by atoms with E-state index in [1.165, 1.54) is 17.0 Å². The van der Waals surface area contributed by atoms with Gasteiger partial charge in [0.05, 0.1) is 5.56 Å². The van der Waals surface area contributed by atoms with E-state index in [0.717, 1.165) is 28.1 Å². The first-order valence-corrected chi connectivity index (χ1v) is 9.07. The third kappa shape index (κ3) is 3.59. The van der Waals surface area contributed by atoms with Gasteiger partial charge >= 0.3 is 18.0 Å². The quantitative estimate of drug-likeness (QED) is 0.585. The van der Waals surface area contributed by atoms with Crippen LogP contribution in [0.4, 0.5) is 18.9 Å². The maximum atomic E-state index is 12.7. The fourth-order valence-electron chi connectivity index (χ4n) is 3.44. The lowest BCUT2D eigenvalue weighted by Crippen LogP contribution is -2.51. The summed E-state index contributed by atoms with van der Waals surface area (Å²) in [4.78, 5) is 28.3. The molecule has 2 aliphatic heterocycles. The van der Waals surface area contributed by atoms with E-state index in [2.05, 4.69) is 5.11 Å². The highest BCUT2D eigenvalue weighted by Gasteiger charge is 2.49. The van der Waals surface area contributed by atoms with Crippen LogP contribution in [0.2, 0.25) is 0 Å². The number of hydrogen-bond acceptors (Lipinski definition) is 4. The number of alkyl halides is 3. The second-order valence-electron chi connectivity index (χ2n) is 7.05. The number of hydrogen-bond donors (Lipinski definition) is 0. The molecule has 6 nitrogen and oxygen atoms in total. The van der Waals surface area contributed by atoms with Gasteiger partial charge in [-0.15, -0.1) is 0 Å². The summed E-state index contributed by atoms with van der Waals surface area (Å²) in [6, 6.07) is 12.2. The third-order valence-electron chi connectivity index (χ3n) is 5.04. The third-order valence-corrected chi connectivity index (χ3v) is 5.04. The zero-order chi connectivity index (χ0) is 20.8. The Labute approximate surface area is 164 Å². The molecular weight excluding hydrogens is 385 g/mol. The second kappa shape index (κ2) is 6.98. The van der Waals surface area contributed by atoms with Crippen molar-refractivity contribution in [2.75, 3.05) is 18.0 Å². The standard InChI is InChI=1S/C20H18F3N4O2/c1-13-2-8-16(9-3-13)25-10-11-26-17(28)18(29)27(24-19(25)26)12-14-4-6-15(7-5-14)20(21,22)23/h2-9,19H,10-12H2,1H3/q+1. The van der Waals surface area contributed by atoms with Gasteiger partial charge in [-0.2, -0.15) is 13.2 Å². The van der Waals surface area contributed by atoms with Crippen LogP contribution in [0.5, 0.6) is 0 Å². The van der Waals surface area contributed by atoms with Crippen molar-refractivity contribution in [1.29, 1.82) is 0 Å². The Bertz CT molecular complexity index is 984. The maximum absolute atomic E-state index is 12.7. The number of fused-ring (bicyclic) bond motifs is 1. The van der Waals surface area contributed by atoms with E-state index in [1.54, 1.807) is 0 Å². The van der Waals surface area contributed by atoms with Crippen molar-refractivity contribution in [3.63, 3.8) is 0 Å². The van der Waals surface area contributed by atoms with Gasteiger partial charge in [-0.25, -0.2) is 4.79 Å². The Morgan fingerprint density at radius 3 is 2.24 bits per heavy atom. The van der Waals surface area contributed by atoms with E-state index in [4.69, 9.17) is 0 Å². The monoisotopic (exact) mass is 403 g/mol. The highest BCUT2D eigenvalue weighted by molar-refractivity contribution is 6.31. The highest BCUT2D eigenvalue weighted by Crippen LogP contribution is 2.30. The van der Waals surface area contributed by atoms with Crippen molar-refractivity contribution in [2.24, 2.45) is 5.11 Å². The molecule has 2 amide bonds. The predicted molar refractivity (Wildman–Crippen MR) is 96.9 cm³/mol. The fraction of sp³-hybridized carbons (Fsp3) is 0.300. The number of carbonyl (C=O) groups excluding carboxylic acids is 2. The van der Waals surface area contributed by atoms with Crippen LogP contribution in [-0.2, 0) is 22.3 Å². The number of azo groups is 2. The van der Waals surface area contributed by atoms with Gasteiger partial charge in [-0.3, -0.25) is 9.69 Å². The number of aryl methyl sites for hydroxylation is 1. The van der Waals surface area contributed by atoms with E-state index in [9.17, 15) is 22.8 Å². The minimum absolute atomic E-state index is 0.0746. The van der Waals surface area contributed by atoms with Crippen LogP contribution in [0.1, 0.15) is 16.7 Å². The Balaban J connectivity index is 1.61. The molecule has 0 aliphatic carbocycles. The summed E-state index contributed by atoms with van der Waals surface area (Å²) in [6.07, 6.45) is -5.09. The molecule has 1 fully saturated rings. The number of halogens is 3. The van der Waals surface area contributed by atoms with E-state index in [1.807, 2.05) is 36.1 Å².